The first-order valence-electron chi connectivity index (χ1n) is 3.59. The van der Waals surface area contributed by atoms with Gasteiger partial charge in [0.2, 0.25) is 0 Å². The largest absolute Gasteiger partial charge is 0.294 e. The van der Waals surface area contributed by atoms with Gasteiger partial charge in [0.1, 0.15) is 0 Å². The second-order valence-corrected chi connectivity index (χ2v) is 5.54. The lowest BCUT2D eigenvalue weighted by molar-refractivity contribution is 0.479. The summed E-state index contributed by atoms with van der Waals surface area (Å²) >= 11 is 0. The van der Waals surface area contributed by atoms with Crippen LogP contribution in [0.5, 0.6) is 0 Å². The molecule has 15 heavy (non-hydrogen) atoms. The van der Waals surface area contributed by atoms with Crippen molar-refractivity contribution >= 4 is 20.2 Å². The summed E-state index contributed by atoms with van der Waals surface area (Å²) in [4.78, 5) is -1.20. The minimum atomic E-state index is -4.52. The third-order valence-electron chi connectivity index (χ3n) is 1.72. The number of benzene rings is 1. The lowest BCUT2D eigenvalue weighted by atomic mass is 10.2. The third-order valence-corrected chi connectivity index (χ3v) is 3.68. The summed E-state index contributed by atoms with van der Waals surface area (Å²) < 4.78 is 60.6. The molecular weight excluding hydrogens is 244 g/mol. The molecule has 0 aliphatic heterocycles. The first-order chi connectivity index (χ1) is 6.64. The molecule has 0 bridgehead atoms. The Balaban J connectivity index is 3.65. The zero-order valence-electron chi connectivity index (χ0n) is 7.50. The van der Waals surface area contributed by atoms with Gasteiger partial charge < -0.3 is 0 Å². The summed E-state index contributed by atoms with van der Waals surface area (Å²) in [5.74, 6) is 0. The van der Waals surface area contributed by atoms with Crippen molar-refractivity contribution in [3.05, 3.63) is 23.8 Å². The molecule has 0 amide bonds. The summed E-state index contributed by atoms with van der Waals surface area (Å²) in [6.07, 6.45) is 0. The topological polar surface area (TPSA) is 109 Å². The molecule has 0 aliphatic carbocycles. The number of hydrogen-bond acceptors (Lipinski definition) is 4. The molecule has 2 N–H and O–H groups in total. The van der Waals surface area contributed by atoms with E-state index in [1.807, 2.05) is 0 Å². The predicted octanol–water partition coefficient (Wildman–Crippen LogP) is 0.289. The molecule has 0 atom stereocenters. The molecule has 0 aromatic heterocycles. The Hall–Kier alpha value is -0.960. The lowest BCUT2D eigenvalue weighted by Crippen LogP contribution is -2.07. The molecule has 8 heteroatoms. The molecule has 0 saturated carbocycles. The van der Waals surface area contributed by atoms with Gasteiger partial charge in [0, 0.05) is 0 Å². The SMILES string of the molecule is Cc1c(S(=O)(=O)O)c[c]cc1S(=O)(=O)O. The molecule has 1 aromatic rings. The lowest BCUT2D eigenvalue weighted by Gasteiger charge is -2.05. The third kappa shape index (κ3) is 2.53. The van der Waals surface area contributed by atoms with E-state index in [1.54, 1.807) is 0 Å². The Kier molecular flexibility index (Phi) is 2.88. The summed E-state index contributed by atoms with van der Waals surface area (Å²) in [7, 11) is -9.05. The van der Waals surface area contributed by atoms with E-state index in [0.717, 1.165) is 19.1 Å². The van der Waals surface area contributed by atoms with Crippen LogP contribution in [-0.2, 0) is 20.2 Å². The molecule has 0 fully saturated rings. The second kappa shape index (κ2) is 3.56. The van der Waals surface area contributed by atoms with Gasteiger partial charge in [-0.05, 0) is 30.7 Å². The van der Waals surface area contributed by atoms with Crippen molar-refractivity contribution in [1.82, 2.24) is 0 Å². The Morgan fingerprint density at radius 1 is 1.00 bits per heavy atom. The zero-order valence-corrected chi connectivity index (χ0v) is 9.13. The van der Waals surface area contributed by atoms with Crippen LogP contribution >= 0.6 is 0 Å². The van der Waals surface area contributed by atoms with Crippen LogP contribution < -0.4 is 0 Å². The summed E-state index contributed by atoms with van der Waals surface area (Å²) in [6, 6.07) is 4.04. The Morgan fingerprint density at radius 2 is 1.33 bits per heavy atom. The van der Waals surface area contributed by atoms with Crippen molar-refractivity contribution < 1.29 is 25.9 Å². The molecule has 0 unspecified atom stereocenters. The second-order valence-electron chi connectivity index (χ2n) is 2.76. The first-order valence-corrected chi connectivity index (χ1v) is 6.47. The molecule has 0 heterocycles. The molecule has 1 rings (SSSR count). The smallest absolute Gasteiger partial charge is 0.282 e. The van der Waals surface area contributed by atoms with Crippen LogP contribution in [0.3, 0.4) is 0 Å². The summed E-state index contributed by atoms with van der Waals surface area (Å²) in [6.45, 7) is 1.15. The van der Waals surface area contributed by atoms with Crippen LogP contribution in [0, 0.1) is 13.0 Å². The van der Waals surface area contributed by atoms with Crippen LogP contribution in [0.15, 0.2) is 21.9 Å². The van der Waals surface area contributed by atoms with E-state index in [0.29, 0.717) is 0 Å². The first kappa shape index (κ1) is 12.1. The van der Waals surface area contributed by atoms with Crippen LogP contribution in [0.1, 0.15) is 5.56 Å². The van der Waals surface area contributed by atoms with Gasteiger partial charge in [-0.2, -0.15) is 16.8 Å². The van der Waals surface area contributed by atoms with Crippen LogP contribution in [0.25, 0.3) is 0 Å². The highest BCUT2D eigenvalue weighted by molar-refractivity contribution is 7.86. The quantitative estimate of drug-likeness (QED) is 0.731. The Labute approximate surface area is 87.1 Å². The van der Waals surface area contributed by atoms with Gasteiger partial charge in [-0.3, -0.25) is 9.11 Å². The predicted molar refractivity (Wildman–Crippen MR) is 49.6 cm³/mol. The number of rotatable bonds is 2. The van der Waals surface area contributed by atoms with Crippen molar-refractivity contribution in [2.45, 2.75) is 16.7 Å². The molecule has 0 saturated heterocycles. The van der Waals surface area contributed by atoms with E-state index in [2.05, 4.69) is 6.07 Å². The van der Waals surface area contributed by atoms with Crippen LogP contribution in [-0.4, -0.2) is 25.9 Å². The Bertz CT molecular complexity index is 534. The molecule has 0 spiro atoms. The van der Waals surface area contributed by atoms with Gasteiger partial charge in [-0.15, -0.1) is 0 Å². The van der Waals surface area contributed by atoms with E-state index < -0.39 is 30.0 Å². The molecule has 6 nitrogen and oxygen atoms in total. The summed E-state index contributed by atoms with van der Waals surface area (Å²) in [5.41, 5.74) is -0.251. The van der Waals surface area contributed by atoms with Gasteiger partial charge >= 0.3 is 0 Å². The average molecular weight is 251 g/mol. The van der Waals surface area contributed by atoms with E-state index in [9.17, 15) is 16.8 Å². The highest BCUT2D eigenvalue weighted by Crippen LogP contribution is 2.21. The molecule has 0 aliphatic rings. The summed E-state index contributed by atoms with van der Waals surface area (Å²) in [5, 5.41) is 0. The van der Waals surface area contributed by atoms with Gasteiger partial charge in [-0.1, -0.05) is 0 Å². The average Bonchev–Trinajstić information content (AvgIpc) is 1.99. The highest BCUT2D eigenvalue weighted by atomic mass is 32.2. The van der Waals surface area contributed by atoms with Gasteiger partial charge in [-0.25, -0.2) is 0 Å². The van der Waals surface area contributed by atoms with Gasteiger partial charge in [0.05, 0.1) is 9.79 Å². The highest BCUT2D eigenvalue weighted by Gasteiger charge is 2.20. The van der Waals surface area contributed by atoms with Crippen molar-refractivity contribution in [3.63, 3.8) is 0 Å². The van der Waals surface area contributed by atoms with Gasteiger partial charge in [0.25, 0.3) is 20.2 Å². The monoisotopic (exact) mass is 251 g/mol. The van der Waals surface area contributed by atoms with Gasteiger partial charge in [0.15, 0.2) is 0 Å². The van der Waals surface area contributed by atoms with Crippen molar-refractivity contribution in [2.24, 2.45) is 0 Å². The normalized spacial score (nSPS) is 12.7. The molecule has 1 radical (unpaired) electrons. The number of hydrogen-bond donors (Lipinski definition) is 2. The maximum Gasteiger partial charge on any atom is 0.294 e. The fourth-order valence-corrected chi connectivity index (χ4v) is 2.56. The van der Waals surface area contributed by atoms with E-state index in [1.165, 1.54) is 0 Å². The maximum absolute atomic E-state index is 10.8. The molecule has 1 aromatic carbocycles. The zero-order chi connectivity index (χ0) is 11.9. The molecular formula is C7H7O6S2. The van der Waals surface area contributed by atoms with Crippen LogP contribution in [0.4, 0.5) is 0 Å². The van der Waals surface area contributed by atoms with Crippen molar-refractivity contribution in [1.29, 1.82) is 0 Å². The van der Waals surface area contributed by atoms with Crippen LogP contribution in [0.2, 0.25) is 0 Å². The van der Waals surface area contributed by atoms with Crippen molar-refractivity contribution in [3.8, 4) is 0 Å². The van der Waals surface area contributed by atoms with Crippen molar-refractivity contribution in [2.75, 3.05) is 0 Å². The van der Waals surface area contributed by atoms with E-state index in [-0.39, 0.29) is 5.56 Å². The Morgan fingerprint density at radius 3 is 1.60 bits per heavy atom. The minimum Gasteiger partial charge on any atom is -0.282 e. The fraction of sp³-hybridized carbons (Fsp3) is 0.143. The molecule has 83 valence electrons. The standard InChI is InChI=1S/C7H7O6S2/c1-5-6(14(8,9)10)3-2-4-7(5)15(11,12)13/h3-4H,1H3,(H,8,9,10)(H,11,12,13). The fourth-order valence-electron chi connectivity index (χ4n) is 1.07. The van der Waals surface area contributed by atoms with E-state index in [4.69, 9.17) is 9.11 Å². The minimum absolute atomic E-state index is 0.251. The van der Waals surface area contributed by atoms with E-state index >= 15 is 0 Å². The maximum atomic E-state index is 10.8.